The minimum Gasteiger partial charge on any atom is -0.544 e. The van der Waals surface area contributed by atoms with Gasteiger partial charge in [0.1, 0.15) is 23.4 Å². The van der Waals surface area contributed by atoms with Gasteiger partial charge in [0.25, 0.3) is 0 Å². The minimum atomic E-state index is -1.63. The first-order chi connectivity index (χ1) is 16.7. The van der Waals surface area contributed by atoms with Crippen molar-refractivity contribution in [1.82, 2.24) is 0 Å². The Hall–Kier alpha value is -2.73. The zero-order valence-electron chi connectivity index (χ0n) is 23.8. The van der Waals surface area contributed by atoms with Crippen LogP contribution in [0.15, 0.2) is 0 Å². The molecule has 3 saturated carbocycles. The summed E-state index contributed by atoms with van der Waals surface area (Å²) >= 11 is 0. The van der Waals surface area contributed by atoms with Crippen molar-refractivity contribution in [3.05, 3.63) is 9.93 Å². The normalized spacial score (nSPS) is 31.0. The van der Waals surface area contributed by atoms with Crippen LogP contribution >= 0.6 is 0 Å². The lowest BCUT2D eigenvalue weighted by atomic mass is 9.70. The molecule has 0 radical (unpaired) electrons. The number of ketones is 2. The molecule has 1 aliphatic heterocycles. The molecule has 4 aliphatic rings. The first-order valence-electron chi connectivity index (χ1n) is 12.4. The first kappa shape index (κ1) is 37.4. The summed E-state index contributed by atoms with van der Waals surface area (Å²) in [5, 5.41) is 18.8. The number of Topliss-reactive ketones (excluding diaryl/α,β-unsaturated/α-hetero) is 2. The number of rotatable bonds is 2. The second-order valence-corrected chi connectivity index (χ2v) is 11.8. The molecule has 4 rings (SSSR count). The molecule has 12 heteroatoms. The van der Waals surface area contributed by atoms with Crippen molar-refractivity contribution < 1.29 is 50.1 Å². The van der Waals surface area contributed by atoms with E-state index in [0.717, 1.165) is 32.6 Å². The monoisotopic (exact) mass is 546 g/mol. The summed E-state index contributed by atoms with van der Waals surface area (Å²) in [6.07, 6.45) is 6.07. The van der Waals surface area contributed by atoms with Crippen molar-refractivity contribution >= 4 is 29.5 Å². The van der Waals surface area contributed by atoms with E-state index in [2.05, 4.69) is 47.3 Å². The number of esters is 1. The Morgan fingerprint density at radius 1 is 0.895 bits per heavy atom. The zero-order chi connectivity index (χ0) is 29.6. The van der Waals surface area contributed by atoms with Gasteiger partial charge in [-0.2, -0.15) is 0 Å². The largest absolute Gasteiger partial charge is 0.544 e. The van der Waals surface area contributed by atoms with Crippen LogP contribution in [-0.2, 0) is 28.7 Å². The van der Waals surface area contributed by atoms with Gasteiger partial charge in [0.2, 0.25) is 0 Å². The Morgan fingerprint density at radius 3 is 1.53 bits per heavy atom. The van der Waals surface area contributed by atoms with Crippen molar-refractivity contribution in [3.63, 3.8) is 0 Å². The van der Waals surface area contributed by atoms with E-state index in [4.69, 9.17) is 14.7 Å². The van der Waals surface area contributed by atoms with Gasteiger partial charge in [-0.15, -0.1) is 0 Å². The van der Waals surface area contributed by atoms with Gasteiger partial charge in [-0.3, -0.25) is 14.4 Å². The number of quaternary nitrogens is 1. The van der Waals surface area contributed by atoms with Crippen LogP contribution in [0.3, 0.4) is 0 Å². The fraction of sp³-hybridized carbons (Fsp3) is 0.808. The second kappa shape index (κ2) is 13.9. The Morgan fingerprint density at radius 2 is 1.29 bits per heavy atom. The van der Waals surface area contributed by atoms with E-state index in [1.165, 1.54) is 13.3 Å². The smallest absolute Gasteiger partial charge is 0.306 e. The molecule has 0 aromatic rings. The maximum absolute atomic E-state index is 11.6. The molecule has 1 saturated heterocycles. The number of carbonyl (C=O) groups excluding carboxylic acids is 5. The molecule has 4 bridgehead atoms. The summed E-state index contributed by atoms with van der Waals surface area (Å²) in [6.45, 7) is 15.6. The highest BCUT2D eigenvalue weighted by molar-refractivity contribution is 6.30. The Labute approximate surface area is 223 Å². The molecule has 0 aromatic carbocycles. The van der Waals surface area contributed by atoms with Gasteiger partial charge in [-0.1, -0.05) is 34.6 Å². The van der Waals surface area contributed by atoms with Crippen molar-refractivity contribution in [3.8, 4) is 0 Å². The number of hydrogen-bond donors (Lipinski definition) is 1. The first-order valence-corrected chi connectivity index (χ1v) is 12.4. The molecule has 0 aromatic heterocycles. The van der Waals surface area contributed by atoms with Crippen LogP contribution in [0.25, 0.3) is 0 Å². The van der Waals surface area contributed by atoms with Crippen LogP contribution < -0.4 is 15.9 Å². The minimum absolute atomic E-state index is 0. The Bertz CT molecular complexity index is 870. The second-order valence-electron chi connectivity index (χ2n) is 11.8. The Balaban J connectivity index is 0. The standard InChI is InChI=1S/C10H16O2.C10H16O.C3H7NO2.C3H4O3.O2.H2O/c1-9(2)7-4-5-10(9,3)12-8(11)6-7;1-9(2)7-4-5-10(9,3)8(11)6-7;2*1-2(4)3(5)6;1-2;/h7H,4-6H2,1-3H3;7H,4-6H2,1-3H3;2H,4H2,1H3,(H,5,6);1H3,(H,5,6);;1H2/p-1/t;;2-;;;/m..0.../s1. The summed E-state index contributed by atoms with van der Waals surface area (Å²) in [4.78, 5) is 65.0. The molecule has 0 amide bonds. The predicted octanol–water partition coefficient (Wildman–Crippen LogP) is -0.536. The van der Waals surface area contributed by atoms with E-state index < -0.39 is 23.8 Å². The highest BCUT2D eigenvalue weighted by Gasteiger charge is 2.61. The van der Waals surface area contributed by atoms with Gasteiger partial charge < -0.3 is 35.7 Å². The van der Waals surface area contributed by atoms with E-state index in [9.17, 15) is 34.2 Å². The molecular weight excluding hydrogens is 502 g/mol. The highest BCUT2D eigenvalue weighted by Crippen LogP contribution is 2.63. The quantitative estimate of drug-likeness (QED) is 0.343. The van der Waals surface area contributed by atoms with Gasteiger partial charge in [0.15, 0.2) is 5.78 Å². The predicted molar refractivity (Wildman–Crippen MR) is 133 cm³/mol. The lowest BCUT2D eigenvalue weighted by molar-refractivity contribution is -0.432. The van der Waals surface area contributed by atoms with Gasteiger partial charge >= 0.3 is 5.97 Å². The molecule has 1 heterocycles. The molecule has 220 valence electrons. The zero-order valence-corrected chi connectivity index (χ0v) is 23.8. The maximum Gasteiger partial charge on any atom is 0.306 e. The average Bonchev–Trinajstić information content (AvgIpc) is 3.13. The molecular formula is C26H44NO11-. The fourth-order valence-corrected chi connectivity index (χ4v) is 5.50. The number of ether oxygens (including phenoxy) is 1. The maximum atomic E-state index is 11.6. The number of aliphatic carboxylic acids is 2. The molecule has 5 N–H and O–H groups in total. The lowest BCUT2D eigenvalue weighted by Gasteiger charge is -2.44. The van der Waals surface area contributed by atoms with Crippen LogP contribution in [0.1, 0.15) is 93.9 Å². The summed E-state index contributed by atoms with van der Waals surface area (Å²) in [7, 11) is 0. The molecule has 4 unspecified atom stereocenters. The van der Waals surface area contributed by atoms with Crippen molar-refractivity contribution in [2.45, 2.75) is 106 Å². The summed E-state index contributed by atoms with van der Waals surface area (Å²) in [6, 6.07) is -0.593. The third kappa shape index (κ3) is 7.89. The van der Waals surface area contributed by atoms with Gasteiger partial charge in [0.05, 0.1) is 5.97 Å². The number of carbonyl (C=O) groups is 5. The van der Waals surface area contributed by atoms with Crippen LogP contribution in [0.5, 0.6) is 0 Å². The highest BCUT2D eigenvalue weighted by atomic mass is 16.7. The summed E-state index contributed by atoms with van der Waals surface area (Å²) < 4.78 is 5.44. The third-order valence-corrected chi connectivity index (χ3v) is 9.28. The average molecular weight is 547 g/mol. The molecule has 5 atom stereocenters. The van der Waals surface area contributed by atoms with Crippen LogP contribution in [0, 0.1) is 38.0 Å². The van der Waals surface area contributed by atoms with E-state index >= 15 is 0 Å². The van der Waals surface area contributed by atoms with Gasteiger partial charge in [-0.05, 0) is 56.8 Å². The molecule has 38 heavy (non-hydrogen) atoms. The molecule has 3 aliphatic carbocycles. The number of carboxylic acid groups (broad SMARTS) is 2. The van der Waals surface area contributed by atoms with Crippen LogP contribution in [-0.4, -0.2) is 46.6 Å². The third-order valence-electron chi connectivity index (χ3n) is 9.28. The number of hydrogen-bond acceptors (Lipinski definition) is 10. The number of fused-ring (bicyclic) bond motifs is 4. The number of carboxylic acids is 2. The van der Waals surface area contributed by atoms with E-state index in [1.54, 1.807) is 0 Å². The van der Waals surface area contributed by atoms with E-state index in [0.29, 0.717) is 24.0 Å². The van der Waals surface area contributed by atoms with E-state index in [1.807, 2.05) is 0 Å². The fourth-order valence-electron chi connectivity index (χ4n) is 5.50. The molecule has 0 spiro atoms. The molecule has 4 fully saturated rings. The Kier molecular flexibility index (Phi) is 13.7. The topological polar surface area (TPSA) is 234 Å². The summed E-state index contributed by atoms with van der Waals surface area (Å²) in [5.41, 5.74) is 3.48. The molecule has 12 nitrogen and oxygen atoms in total. The van der Waals surface area contributed by atoms with Crippen molar-refractivity contribution in [2.75, 3.05) is 0 Å². The van der Waals surface area contributed by atoms with Crippen molar-refractivity contribution in [1.29, 1.82) is 0 Å². The van der Waals surface area contributed by atoms with Crippen LogP contribution in [0.4, 0.5) is 0 Å². The van der Waals surface area contributed by atoms with E-state index in [-0.39, 0.29) is 33.3 Å². The van der Waals surface area contributed by atoms with Crippen LogP contribution in [0.2, 0.25) is 0 Å². The van der Waals surface area contributed by atoms with Crippen molar-refractivity contribution in [2.24, 2.45) is 28.1 Å². The van der Waals surface area contributed by atoms with Gasteiger partial charge in [0, 0.05) is 40.5 Å². The lowest BCUT2D eigenvalue weighted by Crippen LogP contribution is -2.66. The summed E-state index contributed by atoms with van der Waals surface area (Å²) in [5.74, 6) is -1.93. The van der Waals surface area contributed by atoms with Gasteiger partial charge in [-0.25, -0.2) is 0 Å². The SMILES string of the molecule is CC(=O)C(=O)[O-].CC12CCC(CC(=O)O1)C2(C)C.CC12CCC(CC1=O)C2(C)C.C[C@H]([NH3+])C(=O)[O-].O.O=O.